The molecule has 2 rings (SSSR count). The largest absolute Gasteiger partial charge is 0.493 e. The number of aliphatic imine (C=N–C) groups is 1. The fourth-order valence-electron chi connectivity index (χ4n) is 3.21. The van der Waals surface area contributed by atoms with Crippen LogP contribution in [0.1, 0.15) is 25.5 Å². The zero-order chi connectivity index (χ0) is 18.9. The second-order valence-electron chi connectivity index (χ2n) is 6.15. The lowest BCUT2D eigenvalue weighted by Gasteiger charge is -2.34. The summed E-state index contributed by atoms with van der Waals surface area (Å²) in [6, 6.07) is 6.17. The second-order valence-corrected chi connectivity index (χ2v) is 6.15. The standard InChI is InChI=1S/C19H32N4O3.HI/c1-5-22(6-2)19(20)21-14-16(23-9-11-26-12-10-23)15-7-8-17(24-3)18(13-15)25-4;/h7-8,13,16H,5-6,9-12,14H2,1-4H3,(H2,20,21);1H. The number of hydrogen-bond donors (Lipinski definition) is 1. The average Bonchev–Trinajstić information content (AvgIpc) is 2.69. The third-order valence-electron chi connectivity index (χ3n) is 4.79. The lowest BCUT2D eigenvalue weighted by molar-refractivity contribution is 0.0179. The molecule has 0 spiro atoms. The molecule has 2 N–H and O–H groups in total. The van der Waals surface area contributed by atoms with E-state index in [9.17, 15) is 0 Å². The molecular formula is C19H33IN4O3. The summed E-state index contributed by atoms with van der Waals surface area (Å²) in [6.45, 7) is 9.68. The Morgan fingerprint density at radius 1 is 1.19 bits per heavy atom. The fraction of sp³-hybridized carbons (Fsp3) is 0.632. The van der Waals surface area contributed by atoms with Gasteiger partial charge in [0.1, 0.15) is 0 Å². The van der Waals surface area contributed by atoms with Crippen molar-refractivity contribution >= 4 is 29.9 Å². The third kappa shape index (κ3) is 6.39. The van der Waals surface area contributed by atoms with Crippen LogP contribution in [-0.4, -0.2) is 75.9 Å². The summed E-state index contributed by atoms with van der Waals surface area (Å²) in [5.74, 6) is 2.04. The number of rotatable bonds is 8. The van der Waals surface area contributed by atoms with Crippen LogP contribution in [0, 0.1) is 0 Å². The molecule has 8 heteroatoms. The van der Waals surface area contributed by atoms with E-state index >= 15 is 0 Å². The van der Waals surface area contributed by atoms with E-state index in [2.05, 4.69) is 34.7 Å². The van der Waals surface area contributed by atoms with Crippen LogP contribution >= 0.6 is 24.0 Å². The fourth-order valence-corrected chi connectivity index (χ4v) is 3.21. The average molecular weight is 492 g/mol. The Morgan fingerprint density at radius 2 is 1.81 bits per heavy atom. The Balaban J connectivity index is 0.00000364. The van der Waals surface area contributed by atoms with Crippen LogP contribution in [0.2, 0.25) is 0 Å². The summed E-state index contributed by atoms with van der Waals surface area (Å²) in [5.41, 5.74) is 7.32. The summed E-state index contributed by atoms with van der Waals surface area (Å²) in [4.78, 5) is 9.14. The monoisotopic (exact) mass is 492 g/mol. The summed E-state index contributed by atoms with van der Waals surface area (Å²) in [7, 11) is 3.30. The molecule has 27 heavy (non-hydrogen) atoms. The van der Waals surface area contributed by atoms with Crippen LogP contribution in [-0.2, 0) is 4.74 Å². The molecule has 0 radical (unpaired) electrons. The molecule has 0 saturated carbocycles. The minimum Gasteiger partial charge on any atom is -0.493 e. The van der Waals surface area contributed by atoms with Gasteiger partial charge in [0.05, 0.1) is 40.0 Å². The van der Waals surface area contributed by atoms with Crippen molar-refractivity contribution in [1.29, 1.82) is 0 Å². The first-order valence-electron chi connectivity index (χ1n) is 9.23. The first-order valence-corrected chi connectivity index (χ1v) is 9.23. The van der Waals surface area contributed by atoms with Crippen LogP contribution in [0.15, 0.2) is 23.2 Å². The second kappa shape index (κ2) is 12.2. The van der Waals surface area contributed by atoms with E-state index in [-0.39, 0.29) is 30.0 Å². The van der Waals surface area contributed by atoms with Gasteiger partial charge in [0.15, 0.2) is 17.5 Å². The molecule has 1 atom stereocenters. The van der Waals surface area contributed by atoms with Gasteiger partial charge in [-0.1, -0.05) is 6.07 Å². The number of benzene rings is 1. The van der Waals surface area contributed by atoms with Crippen molar-refractivity contribution in [2.45, 2.75) is 19.9 Å². The van der Waals surface area contributed by atoms with Gasteiger partial charge in [-0.05, 0) is 31.5 Å². The molecule has 1 heterocycles. The lowest BCUT2D eigenvalue weighted by Crippen LogP contribution is -2.41. The van der Waals surface area contributed by atoms with Crippen LogP contribution in [0.3, 0.4) is 0 Å². The number of nitrogens with zero attached hydrogens (tertiary/aromatic N) is 3. The Bertz CT molecular complexity index is 590. The normalized spacial score (nSPS) is 16.4. The quantitative estimate of drug-likeness (QED) is 0.341. The van der Waals surface area contributed by atoms with Crippen LogP contribution in [0.25, 0.3) is 0 Å². The number of ether oxygens (including phenoxy) is 3. The Hall–Kier alpha value is -1.26. The molecule has 154 valence electrons. The SMILES string of the molecule is CCN(CC)C(N)=NCC(c1ccc(OC)c(OC)c1)N1CCOCC1.I. The first-order chi connectivity index (χ1) is 12.6. The highest BCUT2D eigenvalue weighted by atomic mass is 127. The number of nitrogens with two attached hydrogens (primary N) is 1. The van der Waals surface area contributed by atoms with Crippen molar-refractivity contribution in [1.82, 2.24) is 9.80 Å². The highest BCUT2D eigenvalue weighted by Crippen LogP contribution is 2.32. The van der Waals surface area contributed by atoms with Crippen molar-refractivity contribution < 1.29 is 14.2 Å². The highest BCUT2D eigenvalue weighted by molar-refractivity contribution is 14.0. The molecule has 1 aromatic carbocycles. The van der Waals surface area contributed by atoms with E-state index < -0.39 is 0 Å². The molecule has 1 aliphatic heterocycles. The van der Waals surface area contributed by atoms with E-state index in [1.165, 1.54) is 0 Å². The molecule has 0 amide bonds. The first kappa shape index (κ1) is 23.8. The van der Waals surface area contributed by atoms with Gasteiger partial charge in [0.25, 0.3) is 0 Å². The molecule has 7 nitrogen and oxygen atoms in total. The van der Waals surface area contributed by atoms with Crippen molar-refractivity contribution in [3.8, 4) is 11.5 Å². The van der Waals surface area contributed by atoms with Crippen molar-refractivity contribution in [2.24, 2.45) is 10.7 Å². The van der Waals surface area contributed by atoms with Gasteiger partial charge in [-0.15, -0.1) is 24.0 Å². The van der Waals surface area contributed by atoms with E-state index in [0.29, 0.717) is 12.5 Å². The van der Waals surface area contributed by atoms with E-state index in [1.807, 2.05) is 12.1 Å². The number of morpholine rings is 1. The maximum Gasteiger partial charge on any atom is 0.191 e. The molecule has 0 aliphatic carbocycles. The summed E-state index contributed by atoms with van der Waals surface area (Å²) >= 11 is 0. The molecule has 1 saturated heterocycles. The minimum atomic E-state index is 0. The smallest absolute Gasteiger partial charge is 0.191 e. The van der Waals surface area contributed by atoms with E-state index in [0.717, 1.165) is 56.5 Å². The lowest BCUT2D eigenvalue weighted by atomic mass is 10.0. The predicted molar refractivity (Wildman–Crippen MR) is 120 cm³/mol. The summed E-state index contributed by atoms with van der Waals surface area (Å²) < 4.78 is 16.3. The zero-order valence-electron chi connectivity index (χ0n) is 16.8. The topological polar surface area (TPSA) is 72.5 Å². The minimum absolute atomic E-state index is 0. The molecule has 1 aromatic rings. The van der Waals surface area contributed by atoms with Crippen LogP contribution in [0.4, 0.5) is 0 Å². The van der Waals surface area contributed by atoms with Crippen LogP contribution in [0.5, 0.6) is 11.5 Å². The van der Waals surface area contributed by atoms with E-state index in [1.54, 1.807) is 14.2 Å². The van der Waals surface area contributed by atoms with Gasteiger partial charge < -0.3 is 24.8 Å². The Morgan fingerprint density at radius 3 is 2.37 bits per heavy atom. The Kier molecular flexibility index (Phi) is 10.8. The van der Waals surface area contributed by atoms with Crippen molar-refractivity contribution in [3.05, 3.63) is 23.8 Å². The predicted octanol–water partition coefficient (Wildman–Crippen LogP) is 2.35. The molecular weight excluding hydrogens is 459 g/mol. The summed E-state index contributed by atoms with van der Waals surface area (Å²) in [6.07, 6.45) is 0. The summed E-state index contributed by atoms with van der Waals surface area (Å²) in [5, 5.41) is 0. The zero-order valence-corrected chi connectivity index (χ0v) is 19.1. The Labute approximate surface area is 179 Å². The van der Waals surface area contributed by atoms with Crippen LogP contribution < -0.4 is 15.2 Å². The van der Waals surface area contributed by atoms with Gasteiger partial charge in [-0.25, -0.2) is 0 Å². The van der Waals surface area contributed by atoms with Gasteiger partial charge >= 0.3 is 0 Å². The van der Waals surface area contributed by atoms with Crippen molar-refractivity contribution in [3.63, 3.8) is 0 Å². The number of halogens is 1. The van der Waals surface area contributed by atoms with Gasteiger partial charge in [0, 0.05) is 26.2 Å². The van der Waals surface area contributed by atoms with Gasteiger partial charge in [-0.3, -0.25) is 9.89 Å². The third-order valence-corrected chi connectivity index (χ3v) is 4.79. The molecule has 0 aromatic heterocycles. The molecule has 1 aliphatic rings. The molecule has 1 fully saturated rings. The van der Waals surface area contributed by atoms with E-state index in [4.69, 9.17) is 19.9 Å². The maximum absolute atomic E-state index is 6.18. The number of hydrogen-bond acceptors (Lipinski definition) is 5. The van der Waals surface area contributed by atoms with Gasteiger partial charge in [-0.2, -0.15) is 0 Å². The molecule has 0 bridgehead atoms. The highest BCUT2D eigenvalue weighted by Gasteiger charge is 2.24. The number of methoxy groups -OCH3 is 2. The maximum atomic E-state index is 6.18. The number of guanidine groups is 1. The van der Waals surface area contributed by atoms with Gasteiger partial charge in [0.2, 0.25) is 0 Å². The molecule has 1 unspecified atom stereocenters. The van der Waals surface area contributed by atoms with Crippen molar-refractivity contribution in [2.75, 3.05) is 60.2 Å².